The average Bonchev–Trinajstić information content (AvgIpc) is 2.76. The van der Waals surface area contributed by atoms with Crippen LogP contribution in [-0.2, 0) is 4.74 Å². The van der Waals surface area contributed by atoms with E-state index in [9.17, 15) is 0 Å². The van der Waals surface area contributed by atoms with E-state index in [2.05, 4.69) is 31.4 Å². The number of thiophene rings is 1. The van der Waals surface area contributed by atoms with Gasteiger partial charge in [-0.25, -0.2) is 5.43 Å². The van der Waals surface area contributed by atoms with E-state index >= 15 is 0 Å². The van der Waals surface area contributed by atoms with Gasteiger partial charge in [-0.05, 0) is 37.8 Å². The fraction of sp³-hybridized carbons (Fsp3) is 0.714. The monoisotopic (exact) mass is 268 g/mol. The lowest BCUT2D eigenvalue weighted by Gasteiger charge is -2.44. The Labute approximate surface area is 114 Å². The Kier molecular flexibility index (Phi) is 4.43. The van der Waals surface area contributed by atoms with Crippen LogP contribution >= 0.6 is 11.3 Å². The van der Waals surface area contributed by atoms with E-state index in [1.807, 2.05) is 7.11 Å². The molecule has 1 aromatic heterocycles. The van der Waals surface area contributed by atoms with Crippen LogP contribution in [0.4, 0.5) is 0 Å². The van der Waals surface area contributed by atoms with Crippen molar-refractivity contribution in [3.63, 3.8) is 0 Å². The Hall–Kier alpha value is -0.420. The third-order valence-electron chi connectivity index (χ3n) is 4.14. The van der Waals surface area contributed by atoms with Crippen LogP contribution in [-0.4, -0.2) is 12.7 Å². The van der Waals surface area contributed by atoms with E-state index in [0.717, 1.165) is 12.8 Å². The van der Waals surface area contributed by atoms with Crippen LogP contribution in [0.25, 0.3) is 0 Å². The Morgan fingerprint density at radius 3 is 2.83 bits per heavy atom. The van der Waals surface area contributed by atoms with Gasteiger partial charge in [0.05, 0.1) is 11.6 Å². The largest absolute Gasteiger partial charge is 0.376 e. The van der Waals surface area contributed by atoms with Gasteiger partial charge in [0, 0.05) is 16.9 Å². The molecule has 0 radical (unpaired) electrons. The van der Waals surface area contributed by atoms with Crippen LogP contribution in [0.5, 0.6) is 0 Å². The molecule has 0 saturated heterocycles. The Balaban J connectivity index is 2.28. The van der Waals surface area contributed by atoms with Crippen LogP contribution < -0.4 is 11.3 Å². The van der Waals surface area contributed by atoms with Gasteiger partial charge < -0.3 is 4.74 Å². The Morgan fingerprint density at radius 1 is 1.56 bits per heavy atom. The molecule has 1 aromatic rings. The summed E-state index contributed by atoms with van der Waals surface area (Å²) in [5.41, 5.74) is 2.85. The molecule has 18 heavy (non-hydrogen) atoms. The summed E-state index contributed by atoms with van der Waals surface area (Å²) in [6.07, 6.45) is 4.68. The maximum atomic E-state index is 5.93. The summed E-state index contributed by atoms with van der Waals surface area (Å²) in [6.45, 7) is 4.44. The number of rotatable bonds is 4. The van der Waals surface area contributed by atoms with Gasteiger partial charge in [-0.3, -0.25) is 5.84 Å². The number of methoxy groups -OCH3 is 1. The Bertz CT molecular complexity index is 393. The minimum absolute atomic E-state index is 0.101. The maximum absolute atomic E-state index is 5.93. The lowest BCUT2D eigenvalue weighted by Crippen LogP contribution is -2.50. The molecule has 3 nitrogen and oxygen atoms in total. The van der Waals surface area contributed by atoms with Crippen molar-refractivity contribution in [2.75, 3.05) is 7.11 Å². The predicted molar refractivity (Wildman–Crippen MR) is 76.5 cm³/mol. The molecule has 3 N–H and O–H groups in total. The summed E-state index contributed by atoms with van der Waals surface area (Å²) in [7, 11) is 1.82. The fourth-order valence-electron chi connectivity index (χ4n) is 3.21. The molecule has 1 aliphatic rings. The van der Waals surface area contributed by atoms with E-state index in [1.54, 1.807) is 11.3 Å². The normalized spacial score (nSPS) is 30.3. The molecule has 0 bridgehead atoms. The van der Waals surface area contributed by atoms with Crippen LogP contribution in [0.3, 0.4) is 0 Å². The summed E-state index contributed by atoms with van der Waals surface area (Å²) in [5, 5.41) is 0. The third-order valence-corrected chi connectivity index (χ3v) is 5.20. The number of hydrazine groups is 1. The second-order valence-electron chi connectivity index (χ2n) is 5.52. The van der Waals surface area contributed by atoms with E-state index < -0.39 is 0 Å². The van der Waals surface area contributed by atoms with Gasteiger partial charge in [0.25, 0.3) is 0 Å². The van der Waals surface area contributed by atoms with Crippen LogP contribution in [0, 0.1) is 12.8 Å². The molecule has 0 amide bonds. The molecule has 3 unspecified atom stereocenters. The third kappa shape index (κ3) is 2.62. The van der Waals surface area contributed by atoms with Crippen molar-refractivity contribution < 1.29 is 4.74 Å². The minimum atomic E-state index is -0.149. The molecular weight excluding hydrogens is 244 g/mol. The smallest absolute Gasteiger partial charge is 0.0895 e. The predicted octanol–water partition coefficient (Wildman–Crippen LogP) is 3.16. The van der Waals surface area contributed by atoms with Gasteiger partial charge in [-0.2, -0.15) is 0 Å². The number of hydrogen-bond donors (Lipinski definition) is 2. The van der Waals surface area contributed by atoms with E-state index in [0.29, 0.717) is 5.92 Å². The molecule has 1 aliphatic carbocycles. The molecule has 1 fully saturated rings. The number of nitrogens with one attached hydrogen (secondary N) is 1. The molecule has 4 heteroatoms. The van der Waals surface area contributed by atoms with Crippen LogP contribution in [0.15, 0.2) is 12.1 Å². The first-order chi connectivity index (χ1) is 8.61. The highest BCUT2D eigenvalue weighted by atomic mass is 32.1. The first-order valence-electron chi connectivity index (χ1n) is 6.69. The molecule has 2 rings (SSSR count). The molecule has 0 spiro atoms. The van der Waals surface area contributed by atoms with Crippen molar-refractivity contribution in [2.45, 2.75) is 51.2 Å². The number of nitrogens with two attached hydrogens (primary N) is 1. The minimum Gasteiger partial charge on any atom is -0.376 e. The topological polar surface area (TPSA) is 47.3 Å². The maximum Gasteiger partial charge on any atom is 0.0895 e. The first kappa shape index (κ1) is 14.0. The van der Waals surface area contributed by atoms with Gasteiger partial charge in [-0.1, -0.05) is 19.8 Å². The summed E-state index contributed by atoms with van der Waals surface area (Å²) in [6, 6.07) is 4.42. The van der Waals surface area contributed by atoms with Gasteiger partial charge in [0.15, 0.2) is 0 Å². The standard InChI is InChI=1S/C14H24N2OS/c1-10-5-4-8-14(9-10,17-3)13(16-15)12-7-6-11(2)18-12/h6-7,10,13,16H,4-5,8-9,15H2,1-3H3. The second-order valence-corrected chi connectivity index (χ2v) is 6.84. The fourth-order valence-corrected chi connectivity index (χ4v) is 4.26. The van der Waals surface area contributed by atoms with E-state index in [1.165, 1.54) is 22.6 Å². The highest BCUT2D eigenvalue weighted by Crippen LogP contribution is 2.44. The van der Waals surface area contributed by atoms with E-state index in [-0.39, 0.29) is 11.6 Å². The summed E-state index contributed by atoms with van der Waals surface area (Å²) >= 11 is 1.81. The van der Waals surface area contributed by atoms with Gasteiger partial charge in [0.1, 0.15) is 0 Å². The zero-order valence-electron chi connectivity index (χ0n) is 11.5. The number of hydrogen-bond acceptors (Lipinski definition) is 4. The molecule has 0 aromatic carbocycles. The molecular formula is C14H24N2OS. The average molecular weight is 268 g/mol. The molecule has 0 aliphatic heterocycles. The molecule has 1 heterocycles. The number of aryl methyl sites for hydroxylation is 1. The quantitative estimate of drug-likeness (QED) is 0.651. The first-order valence-corrected chi connectivity index (χ1v) is 7.50. The van der Waals surface area contributed by atoms with Crippen molar-refractivity contribution in [3.8, 4) is 0 Å². The zero-order chi connectivity index (χ0) is 13.2. The highest BCUT2D eigenvalue weighted by molar-refractivity contribution is 7.12. The van der Waals surface area contributed by atoms with Gasteiger partial charge in [-0.15, -0.1) is 11.3 Å². The van der Waals surface area contributed by atoms with Crippen molar-refractivity contribution in [1.29, 1.82) is 0 Å². The lowest BCUT2D eigenvalue weighted by molar-refractivity contribution is -0.0798. The van der Waals surface area contributed by atoms with Crippen molar-refractivity contribution >= 4 is 11.3 Å². The zero-order valence-corrected chi connectivity index (χ0v) is 12.3. The van der Waals surface area contributed by atoms with Gasteiger partial charge >= 0.3 is 0 Å². The molecule has 102 valence electrons. The van der Waals surface area contributed by atoms with Gasteiger partial charge in [0.2, 0.25) is 0 Å². The van der Waals surface area contributed by atoms with E-state index in [4.69, 9.17) is 10.6 Å². The van der Waals surface area contributed by atoms with Crippen molar-refractivity contribution in [1.82, 2.24) is 5.43 Å². The molecule has 1 saturated carbocycles. The lowest BCUT2D eigenvalue weighted by atomic mass is 9.74. The second kappa shape index (κ2) is 5.70. The summed E-state index contributed by atoms with van der Waals surface area (Å²) < 4.78 is 5.93. The highest BCUT2D eigenvalue weighted by Gasteiger charge is 2.43. The summed E-state index contributed by atoms with van der Waals surface area (Å²) in [4.78, 5) is 2.60. The van der Waals surface area contributed by atoms with Crippen molar-refractivity contribution in [2.24, 2.45) is 11.8 Å². The SMILES string of the molecule is COC1(C(NN)c2ccc(C)s2)CCCC(C)C1. The van der Waals surface area contributed by atoms with Crippen molar-refractivity contribution in [3.05, 3.63) is 21.9 Å². The van der Waals surface area contributed by atoms with Crippen LogP contribution in [0.1, 0.15) is 48.4 Å². The molecule has 3 atom stereocenters. The van der Waals surface area contributed by atoms with Crippen LogP contribution in [0.2, 0.25) is 0 Å². The number of ether oxygens (including phenoxy) is 1. The summed E-state index contributed by atoms with van der Waals surface area (Å²) in [5.74, 6) is 6.53. The Morgan fingerprint density at radius 2 is 2.33 bits per heavy atom.